The van der Waals surface area contributed by atoms with Crippen LogP contribution < -0.4 is 10.6 Å². The summed E-state index contributed by atoms with van der Waals surface area (Å²) in [6.07, 6.45) is 0. The molecule has 2 heterocycles. The fourth-order valence-corrected chi connectivity index (χ4v) is 5.15. The second kappa shape index (κ2) is 15.2. The van der Waals surface area contributed by atoms with E-state index in [4.69, 9.17) is 0 Å². The number of fused-ring (bicyclic) bond motifs is 1. The number of nitrogens with one attached hydrogen (secondary N) is 2. The van der Waals surface area contributed by atoms with Crippen LogP contribution in [0.15, 0.2) is 60.0 Å². The SMILES string of the molecule is Cc1ccc(-c2cccs2)cc1NCC(=O)N(CCNC(C)C)CC(=O)N(C)N1Cc2ccccc2C1.Cl.Cl. The molecular formula is C29H39Cl2N5O2S. The maximum Gasteiger partial charge on any atom is 0.256 e. The van der Waals surface area contributed by atoms with E-state index in [1.54, 1.807) is 28.3 Å². The Kier molecular flexibility index (Phi) is 12.7. The molecule has 1 aromatic heterocycles. The molecule has 0 bridgehead atoms. The Morgan fingerprint density at radius 1 is 1.00 bits per heavy atom. The van der Waals surface area contributed by atoms with E-state index in [9.17, 15) is 9.59 Å². The molecule has 2 amide bonds. The van der Waals surface area contributed by atoms with E-state index in [-0.39, 0.29) is 49.7 Å². The highest BCUT2D eigenvalue weighted by atomic mass is 35.5. The van der Waals surface area contributed by atoms with Gasteiger partial charge in [0, 0.05) is 49.8 Å². The van der Waals surface area contributed by atoms with Crippen molar-refractivity contribution in [3.05, 3.63) is 76.7 Å². The lowest BCUT2D eigenvalue weighted by Gasteiger charge is -2.31. The number of likely N-dealkylation sites (N-methyl/N-ethyl adjacent to an activating group) is 1. The number of carbonyl (C=O) groups is 2. The minimum Gasteiger partial charge on any atom is -0.376 e. The number of hydrogen-bond donors (Lipinski definition) is 2. The molecule has 4 rings (SSSR count). The third-order valence-corrected chi connectivity index (χ3v) is 7.61. The highest BCUT2D eigenvalue weighted by Crippen LogP contribution is 2.29. The number of thiophene rings is 1. The Hall–Kier alpha value is -2.62. The van der Waals surface area contributed by atoms with Crippen molar-refractivity contribution in [3.8, 4) is 10.4 Å². The normalized spacial score (nSPS) is 12.3. The zero-order valence-electron chi connectivity index (χ0n) is 23.0. The van der Waals surface area contributed by atoms with Gasteiger partial charge in [0.15, 0.2) is 0 Å². The number of benzene rings is 2. The Morgan fingerprint density at radius 3 is 2.31 bits per heavy atom. The first-order valence-corrected chi connectivity index (χ1v) is 13.7. The second-order valence-electron chi connectivity index (χ2n) is 9.79. The van der Waals surface area contributed by atoms with E-state index in [0.29, 0.717) is 32.2 Å². The molecule has 2 N–H and O–H groups in total. The lowest BCUT2D eigenvalue weighted by molar-refractivity contribution is -0.151. The predicted molar refractivity (Wildman–Crippen MR) is 166 cm³/mol. The number of hydrogen-bond acceptors (Lipinski definition) is 6. The predicted octanol–water partition coefficient (Wildman–Crippen LogP) is 5.19. The monoisotopic (exact) mass is 591 g/mol. The zero-order valence-corrected chi connectivity index (χ0v) is 25.4. The second-order valence-corrected chi connectivity index (χ2v) is 10.7. The number of hydrazine groups is 1. The average Bonchev–Trinajstić information content (AvgIpc) is 3.57. The van der Waals surface area contributed by atoms with Gasteiger partial charge in [0.2, 0.25) is 5.91 Å². The van der Waals surface area contributed by atoms with Gasteiger partial charge in [0.05, 0.1) is 6.54 Å². The van der Waals surface area contributed by atoms with Crippen LogP contribution >= 0.6 is 36.2 Å². The van der Waals surface area contributed by atoms with E-state index in [0.717, 1.165) is 16.8 Å². The van der Waals surface area contributed by atoms with E-state index in [2.05, 4.69) is 66.3 Å². The molecule has 1 aliphatic heterocycles. The molecule has 0 aliphatic carbocycles. The minimum absolute atomic E-state index is 0. The number of aryl methyl sites for hydroxylation is 1. The standard InChI is InChI=1S/C29H37N5O2S.2ClH/c1-21(2)30-13-14-33(20-29(36)32(4)34-18-24-8-5-6-9-25(24)19-34)28(35)17-31-26-16-23(12-11-22(26)3)27-10-7-15-37-27;;/h5-12,15-16,21,30-31H,13-14,17-20H2,1-4H3;2*1H. The summed E-state index contributed by atoms with van der Waals surface area (Å²) in [4.78, 5) is 29.4. The van der Waals surface area contributed by atoms with Crippen LogP contribution in [0.3, 0.4) is 0 Å². The minimum atomic E-state index is -0.0991. The Labute approximate surface area is 248 Å². The van der Waals surface area contributed by atoms with Crippen LogP contribution in [-0.4, -0.2) is 66.0 Å². The molecule has 39 heavy (non-hydrogen) atoms. The summed E-state index contributed by atoms with van der Waals surface area (Å²) in [5.41, 5.74) is 5.60. The van der Waals surface area contributed by atoms with Gasteiger partial charge in [-0.05, 0) is 46.7 Å². The van der Waals surface area contributed by atoms with Gasteiger partial charge in [-0.25, -0.2) is 5.01 Å². The summed E-state index contributed by atoms with van der Waals surface area (Å²) in [6, 6.07) is 18.9. The van der Waals surface area contributed by atoms with Gasteiger partial charge in [-0.3, -0.25) is 14.6 Å². The molecule has 212 valence electrons. The van der Waals surface area contributed by atoms with Gasteiger partial charge in [0.25, 0.3) is 5.91 Å². The smallest absolute Gasteiger partial charge is 0.256 e. The van der Waals surface area contributed by atoms with Crippen molar-refractivity contribution in [1.82, 2.24) is 20.2 Å². The lowest BCUT2D eigenvalue weighted by atomic mass is 10.1. The van der Waals surface area contributed by atoms with Gasteiger partial charge in [-0.15, -0.1) is 36.2 Å². The third kappa shape index (κ3) is 8.68. The van der Waals surface area contributed by atoms with E-state index < -0.39 is 0 Å². The number of halogens is 2. The summed E-state index contributed by atoms with van der Waals surface area (Å²) in [5, 5.41) is 12.4. The molecule has 10 heteroatoms. The summed E-state index contributed by atoms with van der Waals surface area (Å²) in [6.45, 7) is 8.82. The molecule has 0 fully saturated rings. The molecule has 0 atom stereocenters. The summed E-state index contributed by atoms with van der Waals surface area (Å²) >= 11 is 1.69. The Morgan fingerprint density at radius 2 is 1.69 bits per heavy atom. The quantitative estimate of drug-likeness (QED) is 0.321. The molecule has 3 aromatic rings. The number of amides is 2. The number of rotatable bonds is 11. The maximum atomic E-state index is 13.3. The number of carbonyl (C=O) groups excluding carboxylic acids is 2. The van der Waals surface area contributed by atoms with Gasteiger partial charge in [-0.2, -0.15) is 0 Å². The summed E-state index contributed by atoms with van der Waals surface area (Å²) in [5.74, 6) is -0.195. The van der Waals surface area contributed by atoms with Crippen LogP contribution in [0.2, 0.25) is 0 Å². The molecule has 0 unspecified atom stereocenters. The first kappa shape index (κ1) is 32.6. The average molecular weight is 593 g/mol. The Balaban J connectivity index is 0.00000267. The van der Waals surface area contributed by atoms with Crippen molar-refractivity contribution in [3.63, 3.8) is 0 Å². The van der Waals surface area contributed by atoms with E-state index in [1.165, 1.54) is 16.0 Å². The molecule has 1 aliphatic rings. The topological polar surface area (TPSA) is 67.9 Å². The van der Waals surface area contributed by atoms with Gasteiger partial charge in [0.1, 0.15) is 6.54 Å². The van der Waals surface area contributed by atoms with Crippen LogP contribution in [0.25, 0.3) is 10.4 Å². The van der Waals surface area contributed by atoms with Crippen LogP contribution in [-0.2, 0) is 22.7 Å². The molecule has 2 aromatic carbocycles. The molecule has 0 spiro atoms. The highest BCUT2D eigenvalue weighted by Gasteiger charge is 2.27. The molecule has 0 saturated heterocycles. The molecular weight excluding hydrogens is 553 g/mol. The van der Waals surface area contributed by atoms with Gasteiger partial charge >= 0.3 is 0 Å². The fraction of sp³-hybridized carbons (Fsp3) is 0.379. The van der Waals surface area contributed by atoms with Crippen LogP contribution in [0.5, 0.6) is 0 Å². The maximum absolute atomic E-state index is 13.3. The fourth-order valence-electron chi connectivity index (χ4n) is 4.42. The van der Waals surface area contributed by atoms with Crippen molar-refractivity contribution in [2.75, 3.05) is 38.5 Å². The van der Waals surface area contributed by atoms with Crippen LogP contribution in [0.1, 0.15) is 30.5 Å². The Bertz CT molecular complexity index is 1200. The van der Waals surface area contributed by atoms with Crippen molar-refractivity contribution < 1.29 is 9.59 Å². The highest BCUT2D eigenvalue weighted by molar-refractivity contribution is 7.13. The van der Waals surface area contributed by atoms with Gasteiger partial charge < -0.3 is 15.5 Å². The first-order valence-electron chi connectivity index (χ1n) is 12.8. The van der Waals surface area contributed by atoms with E-state index >= 15 is 0 Å². The lowest BCUT2D eigenvalue weighted by Crippen LogP contribution is -2.49. The molecule has 0 radical (unpaired) electrons. The van der Waals surface area contributed by atoms with Crippen molar-refractivity contribution in [2.24, 2.45) is 0 Å². The van der Waals surface area contributed by atoms with Gasteiger partial charge in [-0.1, -0.05) is 56.3 Å². The zero-order chi connectivity index (χ0) is 26.4. The van der Waals surface area contributed by atoms with Crippen molar-refractivity contribution >= 4 is 53.7 Å². The number of anilines is 1. The summed E-state index contributed by atoms with van der Waals surface area (Å²) < 4.78 is 0. The van der Waals surface area contributed by atoms with Crippen molar-refractivity contribution in [2.45, 2.75) is 39.9 Å². The van der Waals surface area contributed by atoms with Crippen LogP contribution in [0, 0.1) is 6.92 Å². The molecule has 0 saturated carbocycles. The van der Waals surface area contributed by atoms with E-state index in [1.807, 2.05) is 30.1 Å². The third-order valence-electron chi connectivity index (χ3n) is 6.70. The largest absolute Gasteiger partial charge is 0.376 e. The van der Waals surface area contributed by atoms with Crippen LogP contribution in [0.4, 0.5) is 5.69 Å². The first-order chi connectivity index (χ1) is 17.8. The number of nitrogens with zero attached hydrogens (tertiary/aromatic N) is 3. The summed E-state index contributed by atoms with van der Waals surface area (Å²) in [7, 11) is 1.79. The molecule has 7 nitrogen and oxygen atoms in total. The van der Waals surface area contributed by atoms with Crippen molar-refractivity contribution in [1.29, 1.82) is 0 Å².